The van der Waals surface area contributed by atoms with Crippen molar-refractivity contribution in [3.05, 3.63) is 59.7 Å². The number of carbonyl (C=O) groups is 1. The summed E-state index contributed by atoms with van der Waals surface area (Å²) in [6, 6.07) is 13.9. The van der Waals surface area contributed by atoms with Gasteiger partial charge in [0.15, 0.2) is 0 Å². The Kier molecular flexibility index (Phi) is 5.41. The Morgan fingerprint density at radius 2 is 1.96 bits per heavy atom. The molecule has 26 heavy (non-hydrogen) atoms. The van der Waals surface area contributed by atoms with Crippen molar-refractivity contribution in [2.75, 3.05) is 18.0 Å². The lowest BCUT2D eigenvalue weighted by atomic mass is 10.1. The summed E-state index contributed by atoms with van der Waals surface area (Å²) in [6.07, 6.45) is 1.14. The number of nitrogens with one attached hydrogen (secondary N) is 1. The Balaban J connectivity index is 1.83. The number of hydrogen-bond acceptors (Lipinski definition) is 4. The van der Waals surface area contributed by atoms with Crippen LogP contribution in [0.2, 0.25) is 0 Å². The van der Waals surface area contributed by atoms with Crippen molar-refractivity contribution < 1.29 is 13.2 Å². The maximum absolute atomic E-state index is 12.8. The number of hydrogen-bond donors (Lipinski definition) is 2. The fourth-order valence-electron chi connectivity index (χ4n) is 3.18. The Bertz CT molecular complexity index is 898. The second-order valence-corrected chi connectivity index (χ2v) is 8.09. The van der Waals surface area contributed by atoms with Crippen molar-refractivity contribution in [1.29, 1.82) is 0 Å². The van der Waals surface area contributed by atoms with E-state index in [0.29, 0.717) is 31.6 Å². The molecule has 2 aromatic rings. The molecule has 1 amide bonds. The normalized spacial score (nSPS) is 14.9. The van der Waals surface area contributed by atoms with Crippen LogP contribution in [0.25, 0.3) is 0 Å². The van der Waals surface area contributed by atoms with Gasteiger partial charge in [-0.25, -0.2) is 13.1 Å². The summed E-state index contributed by atoms with van der Waals surface area (Å²) in [5.41, 5.74) is 8.73. The van der Waals surface area contributed by atoms with E-state index in [1.165, 1.54) is 0 Å². The quantitative estimate of drug-likeness (QED) is 0.801. The van der Waals surface area contributed by atoms with Crippen molar-refractivity contribution >= 4 is 21.6 Å². The van der Waals surface area contributed by atoms with E-state index in [9.17, 15) is 13.2 Å². The zero-order chi connectivity index (χ0) is 18.7. The van der Waals surface area contributed by atoms with Crippen LogP contribution >= 0.6 is 0 Å². The molecule has 1 aliphatic heterocycles. The van der Waals surface area contributed by atoms with Gasteiger partial charge in [-0.2, -0.15) is 0 Å². The Morgan fingerprint density at radius 3 is 2.65 bits per heavy atom. The van der Waals surface area contributed by atoms with E-state index in [4.69, 9.17) is 5.73 Å². The van der Waals surface area contributed by atoms with Crippen LogP contribution in [0.4, 0.5) is 5.69 Å². The number of carbonyl (C=O) groups excluding carboxylic acids is 1. The molecule has 1 atom stereocenters. The predicted molar refractivity (Wildman–Crippen MR) is 101 cm³/mol. The molecule has 1 aliphatic rings. The number of nitrogens with zero attached hydrogens (tertiary/aromatic N) is 1. The molecule has 0 radical (unpaired) electrons. The molecule has 0 spiro atoms. The average Bonchev–Trinajstić information content (AvgIpc) is 3.05. The third-order valence-corrected chi connectivity index (χ3v) is 6.02. The van der Waals surface area contributed by atoms with Crippen molar-refractivity contribution in [2.24, 2.45) is 5.73 Å². The first kappa shape index (κ1) is 18.6. The van der Waals surface area contributed by atoms with Gasteiger partial charge in [-0.3, -0.25) is 4.79 Å². The fourth-order valence-corrected chi connectivity index (χ4v) is 4.24. The second kappa shape index (κ2) is 7.57. The van der Waals surface area contributed by atoms with Gasteiger partial charge in [0, 0.05) is 18.8 Å². The highest BCUT2D eigenvalue weighted by Gasteiger charge is 2.29. The van der Waals surface area contributed by atoms with Crippen LogP contribution in [0.5, 0.6) is 0 Å². The number of rotatable bonds is 6. The molecule has 0 fully saturated rings. The number of nitrogens with two attached hydrogens (primary N) is 1. The molecule has 0 aliphatic carbocycles. The largest absolute Gasteiger partial charge is 0.320 e. The molecule has 1 heterocycles. The Hall–Kier alpha value is -2.22. The third kappa shape index (κ3) is 3.80. The number of fused-ring (bicyclic) bond motifs is 1. The Morgan fingerprint density at radius 1 is 1.23 bits per heavy atom. The molecule has 3 N–H and O–H groups in total. The highest BCUT2D eigenvalue weighted by atomic mass is 32.2. The van der Waals surface area contributed by atoms with E-state index in [1.54, 1.807) is 30.0 Å². The molecule has 0 saturated heterocycles. The van der Waals surface area contributed by atoms with Gasteiger partial charge >= 0.3 is 0 Å². The molecule has 0 bridgehead atoms. The lowest BCUT2D eigenvalue weighted by Gasteiger charge is -2.22. The highest BCUT2D eigenvalue weighted by Crippen LogP contribution is 2.31. The number of anilines is 1. The van der Waals surface area contributed by atoms with Crippen LogP contribution in [0.15, 0.2) is 53.4 Å². The minimum absolute atomic E-state index is 0.162. The van der Waals surface area contributed by atoms with E-state index in [1.807, 2.05) is 30.3 Å². The van der Waals surface area contributed by atoms with Gasteiger partial charge in [0.1, 0.15) is 0 Å². The first-order valence-corrected chi connectivity index (χ1v) is 10.1. The maximum Gasteiger partial charge on any atom is 0.244 e. The Labute approximate surface area is 154 Å². The summed E-state index contributed by atoms with van der Waals surface area (Å²) in [5.74, 6) is -0.189. The fraction of sp³-hybridized carbons (Fsp3) is 0.316. The molecule has 0 saturated carbocycles. The molecule has 2 aromatic carbocycles. The van der Waals surface area contributed by atoms with Crippen LogP contribution in [-0.2, 0) is 27.7 Å². The van der Waals surface area contributed by atoms with E-state index in [0.717, 1.165) is 11.1 Å². The number of sulfonamides is 1. The minimum Gasteiger partial charge on any atom is -0.320 e. The topological polar surface area (TPSA) is 92.5 Å². The summed E-state index contributed by atoms with van der Waals surface area (Å²) < 4.78 is 27.0. The first-order valence-electron chi connectivity index (χ1n) is 8.66. The lowest BCUT2D eigenvalue weighted by Crippen LogP contribution is -2.44. The van der Waals surface area contributed by atoms with Gasteiger partial charge in [-0.05, 0) is 36.1 Å². The van der Waals surface area contributed by atoms with Crippen molar-refractivity contribution in [3.63, 3.8) is 0 Å². The summed E-state index contributed by atoms with van der Waals surface area (Å²) >= 11 is 0. The van der Waals surface area contributed by atoms with Crippen LogP contribution in [0.3, 0.4) is 0 Å². The average molecular weight is 373 g/mol. The van der Waals surface area contributed by atoms with Crippen LogP contribution in [0.1, 0.15) is 18.1 Å². The van der Waals surface area contributed by atoms with E-state index < -0.39 is 16.1 Å². The van der Waals surface area contributed by atoms with E-state index in [-0.39, 0.29) is 10.8 Å². The zero-order valence-electron chi connectivity index (χ0n) is 14.7. The number of benzene rings is 2. The summed E-state index contributed by atoms with van der Waals surface area (Å²) in [6.45, 7) is 2.55. The van der Waals surface area contributed by atoms with Crippen molar-refractivity contribution in [3.8, 4) is 0 Å². The SMILES string of the molecule is CCNS(=O)(=O)c1ccc2c(c1)N(C(=O)[C@@H](N)Cc1ccccc1)CC2. The van der Waals surface area contributed by atoms with Crippen LogP contribution in [-0.4, -0.2) is 33.5 Å². The minimum atomic E-state index is -3.57. The maximum atomic E-state index is 12.8. The predicted octanol–water partition coefficient (Wildman–Crippen LogP) is 1.44. The molecule has 6 nitrogen and oxygen atoms in total. The smallest absolute Gasteiger partial charge is 0.244 e. The summed E-state index contributed by atoms with van der Waals surface area (Å²) in [4.78, 5) is 14.6. The summed E-state index contributed by atoms with van der Waals surface area (Å²) in [5, 5.41) is 0. The second-order valence-electron chi connectivity index (χ2n) is 6.33. The van der Waals surface area contributed by atoms with Gasteiger partial charge in [0.25, 0.3) is 0 Å². The first-order chi connectivity index (χ1) is 12.4. The third-order valence-electron chi connectivity index (χ3n) is 4.48. The monoisotopic (exact) mass is 373 g/mol. The van der Waals surface area contributed by atoms with E-state index in [2.05, 4.69) is 4.72 Å². The van der Waals surface area contributed by atoms with Crippen molar-refractivity contribution in [2.45, 2.75) is 30.7 Å². The number of amides is 1. The molecule has 0 unspecified atom stereocenters. The van der Waals surface area contributed by atoms with Crippen molar-refractivity contribution in [1.82, 2.24) is 4.72 Å². The zero-order valence-corrected chi connectivity index (χ0v) is 15.5. The van der Waals surface area contributed by atoms with Gasteiger partial charge in [-0.15, -0.1) is 0 Å². The highest BCUT2D eigenvalue weighted by molar-refractivity contribution is 7.89. The van der Waals surface area contributed by atoms with Crippen LogP contribution < -0.4 is 15.4 Å². The molecule has 7 heteroatoms. The molecule has 138 valence electrons. The van der Waals surface area contributed by atoms with Gasteiger partial charge in [0.05, 0.1) is 10.9 Å². The van der Waals surface area contributed by atoms with Gasteiger partial charge in [0.2, 0.25) is 15.9 Å². The lowest BCUT2D eigenvalue weighted by molar-refractivity contribution is -0.119. The van der Waals surface area contributed by atoms with Gasteiger partial charge in [-0.1, -0.05) is 43.3 Å². The standard InChI is InChI=1S/C19H23N3O3S/c1-2-21-26(24,25)16-9-8-15-10-11-22(18(15)13-16)19(23)17(20)12-14-6-4-3-5-7-14/h3-9,13,17,21H,2,10-12,20H2,1H3/t17-/m0/s1. The molecule has 0 aromatic heterocycles. The van der Waals surface area contributed by atoms with Crippen LogP contribution in [0, 0.1) is 0 Å². The van der Waals surface area contributed by atoms with E-state index >= 15 is 0 Å². The molecular weight excluding hydrogens is 350 g/mol. The summed E-state index contributed by atoms with van der Waals surface area (Å²) in [7, 11) is -3.57. The molecule has 3 rings (SSSR count). The molecular formula is C19H23N3O3S. The van der Waals surface area contributed by atoms with Gasteiger partial charge < -0.3 is 10.6 Å².